The number of benzene rings is 2. The molecule has 2 aromatic carbocycles. The maximum Gasteiger partial charge on any atom is 0.319 e. The van der Waals surface area contributed by atoms with Gasteiger partial charge in [-0.15, -0.1) is 0 Å². The normalized spacial score (nSPS) is 15.9. The molecule has 1 saturated heterocycles. The van der Waals surface area contributed by atoms with Gasteiger partial charge in [0.15, 0.2) is 0 Å². The molecule has 1 aliphatic rings. The molecule has 0 bridgehead atoms. The molecule has 160 valence electrons. The van der Waals surface area contributed by atoms with E-state index in [0.29, 0.717) is 41.1 Å². The second kappa shape index (κ2) is 9.18. The second-order valence-corrected chi connectivity index (χ2v) is 7.74. The highest BCUT2D eigenvalue weighted by Crippen LogP contribution is 2.33. The average molecular weight is 440 g/mol. The van der Waals surface area contributed by atoms with Crippen LogP contribution in [0, 0.1) is 0 Å². The number of rotatable bonds is 6. The van der Waals surface area contributed by atoms with Crippen molar-refractivity contribution in [1.29, 1.82) is 0 Å². The van der Waals surface area contributed by atoms with Gasteiger partial charge >= 0.3 is 6.03 Å². The van der Waals surface area contributed by atoms with Gasteiger partial charge in [0, 0.05) is 41.5 Å². The van der Waals surface area contributed by atoms with Crippen LogP contribution in [0.2, 0.25) is 5.02 Å². The molecule has 2 N–H and O–H groups in total. The molecular formula is C22H22ClN5O3. The molecule has 0 aliphatic carbocycles. The van der Waals surface area contributed by atoms with Gasteiger partial charge in [-0.05, 0) is 36.8 Å². The second-order valence-electron chi connectivity index (χ2n) is 7.30. The fraction of sp³-hybridized carbons (Fsp3) is 0.273. The first kappa shape index (κ1) is 20.9. The van der Waals surface area contributed by atoms with Crippen molar-refractivity contribution in [2.24, 2.45) is 0 Å². The number of urea groups is 1. The molecule has 31 heavy (non-hydrogen) atoms. The van der Waals surface area contributed by atoms with E-state index in [1.54, 1.807) is 35.2 Å². The van der Waals surface area contributed by atoms with Crippen LogP contribution < -0.4 is 15.5 Å². The van der Waals surface area contributed by atoms with Gasteiger partial charge in [0.2, 0.25) is 17.6 Å². The van der Waals surface area contributed by atoms with Gasteiger partial charge in [-0.3, -0.25) is 4.79 Å². The quantitative estimate of drug-likeness (QED) is 0.591. The minimum Gasteiger partial charge on any atom is -0.339 e. The predicted molar refractivity (Wildman–Crippen MR) is 118 cm³/mol. The predicted octanol–water partition coefficient (Wildman–Crippen LogP) is 4.44. The van der Waals surface area contributed by atoms with E-state index in [4.69, 9.17) is 16.1 Å². The van der Waals surface area contributed by atoms with E-state index >= 15 is 0 Å². The molecule has 0 saturated carbocycles. The Morgan fingerprint density at radius 2 is 2.10 bits per heavy atom. The Balaban J connectivity index is 1.47. The summed E-state index contributed by atoms with van der Waals surface area (Å²) >= 11 is 6.06. The van der Waals surface area contributed by atoms with Crippen LogP contribution >= 0.6 is 11.6 Å². The Bertz CT molecular complexity index is 1100. The minimum atomic E-state index is -0.265. The van der Waals surface area contributed by atoms with Crippen molar-refractivity contribution < 1.29 is 14.1 Å². The molecule has 2 heterocycles. The van der Waals surface area contributed by atoms with E-state index in [9.17, 15) is 9.59 Å². The molecule has 3 aromatic rings. The summed E-state index contributed by atoms with van der Waals surface area (Å²) in [6, 6.07) is 14.1. The fourth-order valence-electron chi connectivity index (χ4n) is 3.43. The molecule has 1 fully saturated rings. The lowest BCUT2D eigenvalue weighted by atomic mass is 10.1. The lowest BCUT2D eigenvalue weighted by molar-refractivity contribution is -0.117. The van der Waals surface area contributed by atoms with Crippen LogP contribution in [0.4, 0.5) is 16.2 Å². The number of carbonyl (C=O) groups is 2. The van der Waals surface area contributed by atoms with E-state index in [0.717, 1.165) is 12.1 Å². The molecule has 3 amide bonds. The Morgan fingerprint density at radius 3 is 2.90 bits per heavy atom. The van der Waals surface area contributed by atoms with Crippen LogP contribution in [0.5, 0.6) is 0 Å². The summed E-state index contributed by atoms with van der Waals surface area (Å²) in [4.78, 5) is 30.6. The van der Waals surface area contributed by atoms with Crippen molar-refractivity contribution in [3.63, 3.8) is 0 Å². The Morgan fingerprint density at radius 1 is 1.26 bits per heavy atom. The van der Waals surface area contributed by atoms with Gasteiger partial charge in [-0.2, -0.15) is 4.98 Å². The molecule has 1 aromatic heterocycles. The number of anilines is 2. The smallest absolute Gasteiger partial charge is 0.319 e. The number of hydrogen-bond acceptors (Lipinski definition) is 5. The van der Waals surface area contributed by atoms with Crippen molar-refractivity contribution >= 4 is 34.9 Å². The van der Waals surface area contributed by atoms with Crippen molar-refractivity contribution in [1.82, 2.24) is 15.5 Å². The van der Waals surface area contributed by atoms with Gasteiger partial charge in [-0.1, -0.05) is 41.9 Å². The van der Waals surface area contributed by atoms with Crippen LogP contribution in [0.1, 0.15) is 31.6 Å². The number of nitrogens with one attached hydrogen (secondary N) is 2. The third kappa shape index (κ3) is 4.86. The highest BCUT2D eigenvalue weighted by atomic mass is 35.5. The number of hydrogen-bond donors (Lipinski definition) is 2. The first-order valence-corrected chi connectivity index (χ1v) is 10.5. The Hall–Kier alpha value is -3.39. The van der Waals surface area contributed by atoms with Crippen LogP contribution in [-0.2, 0) is 4.79 Å². The van der Waals surface area contributed by atoms with Crippen LogP contribution in [0.25, 0.3) is 11.4 Å². The summed E-state index contributed by atoms with van der Waals surface area (Å²) in [5.41, 5.74) is 2.08. The molecule has 1 unspecified atom stereocenters. The van der Waals surface area contributed by atoms with Gasteiger partial charge < -0.3 is 20.1 Å². The Kier molecular flexibility index (Phi) is 6.18. The first-order valence-electron chi connectivity index (χ1n) is 10.1. The van der Waals surface area contributed by atoms with Crippen molar-refractivity contribution in [2.75, 3.05) is 23.3 Å². The zero-order chi connectivity index (χ0) is 21.8. The average Bonchev–Trinajstić information content (AvgIpc) is 3.39. The summed E-state index contributed by atoms with van der Waals surface area (Å²) in [5, 5.41) is 10.2. The molecule has 9 heteroatoms. The first-order chi connectivity index (χ1) is 15.0. The fourth-order valence-corrected chi connectivity index (χ4v) is 3.62. The molecule has 1 aliphatic heterocycles. The van der Waals surface area contributed by atoms with E-state index in [1.165, 1.54) is 0 Å². The molecular weight excluding hydrogens is 418 g/mol. The van der Waals surface area contributed by atoms with Crippen LogP contribution in [-0.4, -0.2) is 35.2 Å². The lowest BCUT2D eigenvalue weighted by Crippen LogP contribution is -2.29. The number of carbonyl (C=O) groups excluding carboxylic acids is 2. The number of aromatic nitrogens is 2. The molecule has 8 nitrogen and oxygen atoms in total. The molecule has 1 atom stereocenters. The van der Waals surface area contributed by atoms with Crippen molar-refractivity contribution in [3.05, 3.63) is 59.4 Å². The topological polar surface area (TPSA) is 100 Å². The highest BCUT2D eigenvalue weighted by Gasteiger charge is 2.35. The summed E-state index contributed by atoms with van der Waals surface area (Å²) in [6.45, 7) is 3.03. The third-order valence-corrected chi connectivity index (χ3v) is 5.19. The third-order valence-electron chi connectivity index (χ3n) is 4.95. The maximum atomic E-state index is 12.5. The van der Waals surface area contributed by atoms with E-state index in [2.05, 4.69) is 20.8 Å². The monoisotopic (exact) mass is 439 g/mol. The van der Waals surface area contributed by atoms with Gasteiger partial charge in [-0.25, -0.2) is 4.79 Å². The standard InChI is InChI=1S/C22H22ClN5O3/c1-2-9-24-22(30)25-17-7-3-5-14(10-17)20-26-21(31-27-20)15-11-19(29)28(13-15)18-8-4-6-16(23)12-18/h3-8,10,12,15H,2,9,11,13H2,1H3,(H2,24,25,30). The molecule has 0 spiro atoms. The van der Waals surface area contributed by atoms with Crippen molar-refractivity contribution in [2.45, 2.75) is 25.7 Å². The summed E-state index contributed by atoms with van der Waals surface area (Å²) in [5.74, 6) is 0.596. The van der Waals surface area contributed by atoms with E-state index < -0.39 is 0 Å². The largest absolute Gasteiger partial charge is 0.339 e. The van der Waals surface area contributed by atoms with E-state index in [-0.39, 0.29) is 24.3 Å². The number of halogens is 1. The van der Waals surface area contributed by atoms with Crippen LogP contribution in [0.15, 0.2) is 53.1 Å². The van der Waals surface area contributed by atoms with E-state index in [1.807, 2.05) is 25.1 Å². The van der Waals surface area contributed by atoms with Gasteiger partial charge in [0.1, 0.15) is 0 Å². The number of amides is 3. The zero-order valence-corrected chi connectivity index (χ0v) is 17.7. The molecule has 0 radical (unpaired) electrons. The summed E-state index contributed by atoms with van der Waals surface area (Å²) in [6.07, 6.45) is 1.14. The highest BCUT2D eigenvalue weighted by molar-refractivity contribution is 6.30. The zero-order valence-electron chi connectivity index (χ0n) is 17.0. The van der Waals surface area contributed by atoms with Gasteiger partial charge in [0.05, 0.1) is 5.92 Å². The summed E-state index contributed by atoms with van der Waals surface area (Å²) in [7, 11) is 0. The molecule has 4 rings (SSSR count). The summed E-state index contributed by atoms with van der Waals surface area (Å²) < 4.78 is 5.47. The SMILES string of the molecule is CCCNC(=O)Nc1cccc(-c2noc(C3CC(=O)N(c4cccc(Cl)c4)C3)n2)c1. The van der Waals surface area contributed by atoms with Crippen molar-refractivity contribution in [3.8, 4) is 11.4 Å². The number of nitrogens with zero attached hydrogens (tertiary/aromatic N) is 3. The van der Waals surface area contributed by atoms with Gasteiger partial charge in [0.25, 0.3) is 0 Å². The maximum absolute atomic E-state index is 12.5. The minimum absolute atomic E-state index is 0.0173. The van der Waals surface area contributed by atoms with Crippen LogP contribution in [0.3, 0.4) is 0 Å². The lowest BCUT2D eigenvalue weighted by Gasteiger charge is -2.16. The Labute approximate surface area is 184 Å².